The Balaban J connectivity index is 1.13. The van der Waals surface area contributed by atoms with Gasteiger partial charge in [-0.15, -0.1) is 11.3 Å². The molecular weight excluding hydrogens is 414 g/mol. The number of para-hydroxylation sites is 1. The number of fused-ring (bicyclic) bond motifs is 1. The highest BCUT2D eigenvalue weighted by Gasteiger charge is 2.26. The number of carbonyl (C=O) groups is 1. The lowest BCUT2D eigenvalue weighted by Crippen LogP contribution is -2.49. The predicted octanol–water partition coefficient (Wildman–Crippen LogP) is 3.78. The Morgan fingerprint density at radius 3 is 2.74 bits per heavy atom. The van der Waals surface area contributed by atoms with Crippen LogP contribution in [0.5, 0.6) is 0 Å². The molecule has 1 fully saturated rings. The molecule has 0 aliphatic carbocycles. The highest BCUT2D eigenvalue weighted by atomic mass is 32.1. The maximum atomic E-state index is 12.7. The van der Waals surface area contributed by atoms with Crippen LogP contribution in [0.15, 0.2) is 51.6 Å². The van der Waals surface area contributed by atoms with Gasteiger partial charge in [0, 0.05) is 39.0 Å². The van der Waals surface area contributed by atoms with E-state index in [0.717, 1.165) is 36.7 Å². The second-order valence-electron chi connectivity index (χ2n) is 7.60. The van der Waals surface area contributed by atoms with Crippen LogP contribution < -0.4 is 0 Å². The van der Waals surface area contributed by atoms with Crippen LogP contribution in [0.1, 0.15) is 30.3 Å². The first kappa shape index (κ1) is 19.9. The van der Waals surface area contributed by atoms with Crippen LogP contribution in [-0.4, -0.2) is 57.0 Å². The van der Waals surface area contributed by atoms with Crippen molar-refractivity contribution in [1.82, 2.24) is 24.9 Å². The van der Waals surface area contributed by atoms with Crippen molar-refractivity contribution in [3.8, 4) is 11.6 Å². The number of furan rings is 1. The van der Waals surface area contributed by atoms with Crippen LogP contribution >= 0.6 is 11.3 Å². The van der Waals surface area contributed by atoms with Gasteiger partial charge in [0.2, 0.25) is 17.6 Å². The van der Waals surface area contributed by atoms with Gasteiger partial charge in [-0.25, -0.2) is 4.98 Å². The summed E-state index contributed by atoms with van der Waals surface area (Å²) >= 11 is 1.75. The summed E-state index contributed by atoms with van der Waals surface area (Å²) in [5.41, 5.74) is 1.05. The number of benzene rings is 1. The van der Waals surface area contributed by atoms with Gasteiger partial charge < -0.3 is 13.8 Å². The maximum absolute atomic E-state index is 12.7. The highest BCUT2D eigenvalue weighted by Crippen LogP contribution is 2.30. The van der Waals surface area contributed by atoms with Gasteiger partial charge in [-0.3, -0.25) is 9.69 Å². The van der Waals surface area contributed by atoms with Crippen molar-refractivity contribution in [3.63, 3.8) is 0 Å². The summed E-state index contributed by atoms with van der Waals surface area (Å²) in [7, 11) is 0. The van der Waals surface area contributed by atoms with Crippen molar-refractivity contribution in [1.29, 1.82) is 0 Å². The number of piperazine rings is 1. The zero-order chi connectivity index (χ0) is 21.2. The number of hydrogen-bond donors (Lipinski definition) is 0. The Hall–Kier alpha value is -3.04. The molecule has 0 radical (unpaired) electrons. The number of carbonyl (C=O) groups excluding carboxylic acids is 1. The number of hydrogen-bond acceptors (Lipinski definition) is 8. The first-order valence-corrected chi connectivity index (χ1v) is 11.2. The van der Waals surface area contributed by atoms with E-state index in [1.54, 1.807) is 29.7 Å². The number of aryl methyl sites for hydroxylation is 1. The summed E-state index contributed by atoms with van der Waals surface area (Å²) in [5, 5.41) is 5.04. The Kier molecular flexibility index (Phi) is 5.52. The third-order valence-electron chi connectivity index (χ3n) is 5.64. The molecule has 1 aliphatic rings. The van der Waals surface area contributed by atoms with Crippen LogP contribution in [0.25, 0.3) is 21.8 Å². The summed E-state index contributed by atoms with van der Waals surface area (Å²) < 4.78 is 11.7. The van der Waals surface area contributed by atoms with Gasteiger partial charge in [-0.05, 0) is 31.2 Å². The fourth-order valence-corrected chi connectivity index (χ4v) is 4.87. The van der Waals surface area contributed by atoms with Gasteiger partial charge in [0.05, 0.1) is 22.5 Å². The molecular formula is C22H23N5O3S. The molecule has 4 heterocycles. The van der Waals surface area contributed by atoms with E-state index >= 15 is 0 Å². The Morgan fingerprint density at radius 1 is 1.13 bits per heavy atom. The molecule has 0 N–H and O–H groups in total. The van der Waals surface area contributed by atoms with Gasteiger partial charge >= 0.3 is 0 Å². The van der Waals surface area contributed by atoms with Crippen molar-refractivity contribution in [2.24, 2.45) is 0 Å². The van der Waals surface area contributed by atoms with Crippen molar-refractivity contribution >= 4 is 27.5 Å². The average molecular weight is 438 g/mol. The zero-order valence-corrected chi connectivity index (χ0v) is 18.0. The first-order valence-electron chi connectivity index (χ1n) is 10.4. The van der Waals surface area contributed by atoms with Crippen molar-refractivity contribution in [3.05, 3.63) is 53.6 Å². The van der Waals surface area contributed by atoms with Crippen LogP contribution in [0, 0.1) is 0 Å². The molecule has 1 aromatic carbocycles. The van der Waals surface area contributed by atoms with Crippen molar-refractivity contribution in [2.75, 3.05) is 26.2 Å². The lowest BCUT2D eigenvalue weighted by atomic mass is 10.2. The number of thiazole rings is 1. The van der Waals surface area contributed by atoms with Crippen molar-refractivity contribution < 1.29 is 13.7 Å². The van der Waals surface area contributed by atoms with E-state index in [-0.39, 0.29) is 11.9 Å². The molecule has 5 rings (SSSR count). The smallest absolute Gasteiger partial charge is 0.238 e. The lowest BCUT2D eigenvalue weighted by Gasteiger charge is -2.37. The minimum Gasteiger partial charge on any atom is -0.461 e. The molecule has 1 amide bonds. The maximum Gasteiger partial charge on any atom is 0.238 e. The molecule has 1 aliphatic heterocycles. The van der Waals surface area contributed by atoms with Crippen LogP contribution in [0.4, 0.5) is 0 Å². The monoisotopic (exact) mass is 437 g/mol. The minimum absolute atomic E-state index is 0.116. The average Bonchev–Trinajstić information content (AvgIpc) is 3.57. The second kappa shape index (κ2) is 8.60. The van der Waals surface area contributed by atoms with E-state index in [1.165, 1.54) is 4.70 Å². The molecule has 1 atom stereocenters. The quantitative estimate of drug-likeness (QED) is 0.454. The number of aromatic nitrogens is 3. The van der Waals surface area contributed by atoms with Crippen LogP contribution in [0.2, 0.25) is 0 Å². The largest absolute Gasteiger partial charge is 0.461 e. The van der Waals surface area contributed by atoms with Gasteiger partial charge in [-0.2, -0.15) is 4.98 Å². The summed E-state index contributed by atoms with van der Waals surface area (Å²) in [4.78, 5) is 26.1. The fourth-order valence-electron chi connectivity index (χ4n) is 3.82. The van der Waals surface area contributed by atoms with Gasteiger partial charge in [0.15, 0.2) is 5.76 Å². The molecule has 3 aromatic heterocycles. The Morgan fingerprint density at radius 2 is 1.97 bits per heavy atom. The Bertz CT molecular complexity index is 1130. The molecule has 160 valence electrons. The molecule has 8 nitrogen and oxygen atoms in total. The zero-order valence-electron chi connectivity index (χ0n) is 17.2. The lowest BCUT2D eigenvalue weighted by molar-refractivity contribution is -0.133. The normalized spacial score (nSPS) is 16.1. The first-order chi connectivity index (χ1) is 15.2. The van der Waals surface area contributed by atoms with E-state index in [1.807, 2.05) is 17.0 Å². The van der Waals surface area contributed by atoms with Crippen LogP contribution in [-0.2, 0) is 11.2 Å². The summed E-state index contributed by atoms with van der Waals surface area (Å²) in [5.74, 6) is 1.53. The molecule has 0 unspecified atom stereocenters. The second-order valence-corrected chi connectivity index (χ2v) is 8.66. The van der Waals surface area contributed by atoms with E-state index in [2.05, 4.69) is 34.1 Å². The SMILES string of the molecule is C[C@@H](c1nc2ccccc2s1)N1CCN(C(=O)CCc2nc(-c3ccco3)no2)CC1. The standard InChI is InChI=1S/C22H23N5O3S/c1-15(22-23-16-5-2-3-7-18(16)31-22)26-10-12-27(13-11-26)20(28)9-8-19-24-21(25-30-19)17-6-4-14-29-17/h2-7,14-15H,8-13H2,1H3/t15-/m0/s1. The fraction of sp³-hybridized carbons (Fsp3) is 0.364. The van der Waals surface area contributed by atoms with Gasteiger partial charge in [0.1, 0.15) is 5.01 Å². The van der Waals surface area contributed by atoms with Crippen LogP contribution in [0.3, 0.4) is 0 Å². The van der Waals surface area contributed by atoms with Gasteiger partial charge in [-0.1, -0.05) is 17.3 Å². The molecule has 0 bridgehead atoms. The predicted molar refractivity (Wildman–Crippen MR) is 117 cm³/mol. The number of nitrogens with zero attached hydrogens (tertiary/aromatic N) is 5. The highest BCUT2D eigenvalue weighted by molar-refractivity contribution is 7.18. The molecule has 1 saturated heterocycles. The van der Waals surface area contributed by atoms with E-state index < -0.39 is 0 Å². The molecule has 0 spiro atoms. The van der Waals surface area contributed by atoms with Gasteiger partial charge in [0.25, 0.3) is 0 Å². The van der Waals surface area contributed by atoms with E-state index in [4.69, 9.17) is 13.9 Å². The van der Waals surface area contributed by atoms with E-state index in [0.29, 0.717) is 30.3 Å². The summed E-state index contributed by atoms with van der Waals surface area (Å²) in [6.07, 6.45) is 2.34. The summed E-state index contributed by atoms with van der Waals surface area (Å²) in [6, 6.07) is 12.0. The Labute approximate surface area is 183 Å². The minimum atomic E-state index is 0.116. The topological polar surface area (TPSA) is 88.5 Å². The third kappa shape index (κ3) is 4.24. The third-order valence-corrected chi connectivity index (χ3v) is 6.85. The molecule has 9 heteroatoms. The molecule has 4 aromatic rings. The molecule has 0 saturated carbocycles. The summed E-state index contributed by atoms with van der Waals surface area (Å²) in [6.45, 7) is 5.31. The van der Waals surface area contributed by atoms with E-state index in [9.17, 15) is 4.79 Å². The number of rotatable bonds is 6. The van der Waals surface area contributed by atoms with Crippen molar-refractivity contribution in [2.45, 2.75) is 25.8 Å². The number of amides is 1. The molecule has 31 heavy (non-hydrogen) atoms.